The Morgan fingerprint density at radius 3 is 2.22 bits per heavy atom. The molecule has 0 unspecified atom stereocenters. The highest BCUT2D eigenvalue weighted by atomic mass is 15.1. The summed E-state index contributed by atoms with van der Waals surface area (Å²) in [5, 5.41) is 2.45. The van der Waals surface area contributed by atoms with Crippen LogP contribution in [0.3, 0.4) is 0 Å². The lowest BCUT2D eigenvalue weighted by molar-refractivity contribution is 0.588. The van der Waals surface area contributed by atoms with Gasteiger partial charge in [0.05, 0.1) is 16.7 Å². The minimum atomic E-state index is 0.0296. The van der Waals surface area contributed by atoms with Gasteiger partial charge in [0.25, 0.3) is 0 Å². The maximum atomic E-state index is 4.85. The Morgan fingerprint density at radius 1 is 0.739 bits per heavy atom. The van der Waals surface area contributed by atoms with Crippen LogP contribution >= 0.6 is 0 Å². The van der Waals surface area contributed by atoms with Crippen molar-refractivity contribution < 1.29 is 0 Å². The molecule has 0 aliphatic carbocycles. The van der Waals surface area contributed by atoms with Crippen molar-refractivity contribution in [2.24, 2.45) is 0 Å². The Balaban J connectivity index is 1.28. The third-order valence-electron chi connectivity index (χ3n) is 9.04. The van der Waals surface area contributed by atoms with Crippen LogP contribution in [-0.4, -0.2) is 29.1 Å². The first-order valence-electron chi connectivity index (χ1n) is 16.3. The van der Waals surface area contributed by atoms with E-state index in [2.05, 4.69) is 142 Å². The molecule has 0 aliphatic heterocycles. The van der Waals surface area contributed by atoms with Crippen LogP contribution in [0.1, 0.15) is 88.2 Å². The number of aromatic nitrogens is 6. The highest BCUT2D eigenvalue weighted by Gasteiger charge is 2.21. The van der Waals surface area contributed by atoms with Crippen molar-refractivity contribution >= 4 is 21.8 Å². The molecule has 0 aliphatic rings. The van der Waals surface area contributed by atoms with E-state index in [0.29, 0.717) is 11.8 Å². The summed E-state index contributed by atoms with van der Waals surface area (Å²) in [5.41, 5.74) is 9.68. The number of para-hydroxylation sites is 2. The van der Waals surface area contributed by atoms with Crippen molar-refractivity contribution in [3.63, 3.8) is 0 Å². The van der Waals surface area contributed by atoms with Crippen LogP contribution < -0.4 is 0 Å². The molecule has 7 rings (SSSR count). The van der Waals surface area contributed by atoms with Gasteiger partial charge in [-0.15, -0.1) is 0 Å². The Kier molecular flexibility index (Phi) is 7.39. The summed E-state index contributed by atoms with van der Waals surface area (Å²) in [6.07, 6.45) is 8.52. The lowest BCUT2D eigenvalue weighted by atomic mass is 9.88. The average Bonchev–Trinajstić information content (AvgIpc) is 3.77. The summed E-state index contributed by atoms with van der Waals surface area (Å²) < 4.78 is 4.51. The molecule has 232 valence electrons. The fourth-order valence-corrected chi connectivity index (χ4v) is 6.61. The topological polar surface area (TPSA) is 64.3 Å². The van der Waals surface area contributed by atoms with E-state index in [1.807, 2.05) is 18.6 Å². The molecule has 0 atom stereocenters. The van der Waals surface area contributed by atoms with Gasteiger partial charge in [-0.1, -0.05) is 97.0 Å². The minimum Gasteiger partial charge on any atom is -0.339 e. The van der Waals surface area contributed by atoms with Gasteiger partial charge in [-0.05, 0) is 63.8 Å². The summed E-state index contributed by atoms with van der Waals surface area (Å²) in [6.45, 7) is 15.7. The van der Waals surface area contributed by atoms with Gasteiger partial charge >= 0.3 is 0 Å². The normalized spacial score (nSPS) is 12.3. The van der Waals surface area contributed by atoms with E-state index < -0.39 is 0 Å². The molecule has 0 saturated carbocycles. The number of pyridine rings is 1. The Labute approximate surface area is 271 Å². The second kappa shape index (κ2) is 11.4. The van der Waals surface area contributed by atoms with Crippen LogP contribution in [0.15, 0.2) is 97.6 Å². The van der Waals surface area contributed by atoms with Gasteiger partial charge in [-0.25, -0.2) is 15.0 Å². The largest absolute Gasteiger partial charge is 0.339 e. The van der Waals surface area contributed by atoms with Crippen molar-refractivity contribution in [2.75, 3.05) is 0 Å². The number of aromatic amines is 1. The first-order valence-corrected chi connectivity index (χ1v) is 16.3. The number of nitrogens with zero attached hydrogens (tertiary/aromatic N) is 5. The van der Waals surface area contributed by atoms with Crippen molar-refractivity contribution in [1.29, 1.82) is 0 Å². The maximum Gasteiger partial charge on any atom is 0.180 e. The molecule has 0 amide bonds. The van der Waals surface area contributed by atoms with Gasteiger partial charge in [0, 0.05) is 47.7 Å². The maximum absolute atomic E-state index is 4.85. The predicted molar refractivity (Wildman–Crippen MR) is 189 cm³/mol. The van der Waals surface area contributed by atoms with Crippen LogP contribution in [0.25, 0.3) is 45.0 Å². The molecule has 6 nitrogen and oxygen atoms in total. The number of H-pyrrole nitrogens is 1. The van der Waals surface area contributed by atoms with Gasteiger partial charge in [0.2, 0.25) is 0 Å². The summed E-state index contributed by atoms with van der Waals surface area (Å²) in [6, 6.07) is 26.4. The van der Waals surface area contributed by atoms with E-state index in [9.17, 15) is 0 Å². The standard InChI is InChI=1S/C40H42N6/c1-25(2)30-12-10-13-31(26(3)4)37(30)45-20-19-42-39(45)38-43-24-29(44-38)21-27-15-16-33-32-11-8-9-14-34(32)46(35(33)22-27)36-23-28(17-18-41-36)40(5,6)7/h8-20,22-26H,21H2,1-7H3,(H,43,44). The van der Waals surface area contributed by atoms with E-state index in [-0.39, 0.29) is 5.41 Å². The summed E-state index contributed by atoms with van der Waals surface area (Å²) >= 11 is 0. The van der Waals surface area contributed by atoms with Crippen molar-refractivity contribution in [1.82, 2.24) is 29.1 Å². The highest BCUT2D eigenvalue weighted by Crippen LogP contribution is 2.35. The highest BCUT2D eigenvalue weighted by molar-refractivity contribution is 6.09. The molecule has 4 heterocycles. The summed E-state index contributed by atoms with van der Waals surface area (Å²) in [4.78, 5) is 18.1. The molecule has 0 fully saturated rings. The predicted octanol–water partition coefficient (Wildman–Crippen LogP) is 9.89. The first kappa shape index (κ1) is 29.7. The van der Waals surface area contributed by atoms with E-state index >= 15 is 0 Å². The zero-order valence-corrected chi connectivity index (χ0v) is 27.8. The number of nitrogens with one attached hydrogen (secondary N) is 1. The number of imidazole rings is 2. The number of fused-ring (bicyclic) bond motifs is 3. The van der Waals surface area contributed by atoms with Gasteiger partial charge in [0.15, 0.2) is 11.6 Å². The summed E-state index contributed by atoms with van der Waals surface area (Å²) in [5.74, 6) is 3.29. The molecule has 7 aromatic rings. The zero-order chi connectivity index (χ0) is 32.2. The van der Waals surface area contributed by atoms with Gasteiger partial charge < -0.3 is 4.98 Å². The second-order valence-corrected chi connectivity index (χ2v) is 14.0. The summed E-state index contributed by atoms with van der Waals surface area (Å²) in [7, 11) is 0. The lowest BCUT2D eigenvalue weighted by Crippen LogP contribution is -2.12. The number of hydrogen-bond donors (Lipinski definition) is 1. The molecular formula is C40H42N6. The van der Waals surface area contributed by atoms with Crippen LogP contribution in [0.4, 0.5) is 0 Å². The third kappa shape index (κ3) is 5.22. The van der Waals surface area contributed by atoms with Crippen LogP contribution in [0.5, 0.6) is 0 Å². The second-order valence-electron chi connectivity index (χ2n) is 14.0. The molecule has 0 radical (unpaired) electrons. The average molecular weight is 607 g/mol. The van der Waals surface area contributed by atoms with E-state index in [0.717, 1.165) is 40.6 Å². The third-order valence-corrected chi connectivity index (χ3v) is 9.04. The fraction of sp³-hybridized carbons (Fsp3) is 0.275. The Bertz CT molecular complexity index is 2160. The SMILES string of the molecule is CC(C)c1cccc(C(C)C)c1-n1ccnc1-c1ncc(Cc2ccc3c4ccccc4n(-c4cc(C(C)(C)C)ccn4)c3c2)[nH]1. The van der Waals surface area contributed by atoms with Crippen LogP contribution in [-0.2, 0) is 11.8 Å². The molecule has 1 N–H and O–H groups in total. The first-order chi connectivity index (χ1) is 22.1. The molecule has 46 heavy (non-hydrogen) atoms. The Hall–Kier alpha value is -4.97. The van der Waals surface area contributed by atoms with Crippen molar-refractivity contribution in [3.8, 4) is 23.2 Å². The quantitative estimate of drug-likeness (QED) is 0.196. The smallest absolute Gasteiger partial charge is 0.180 e. The van der Waals surface area contributed by atoms with Gasteiger partial charge in [-0.2, -0.15) is 0 Å². The van der Waals surface area contributed by atoms with Crippen LogP contribution in [0.2, 0.25) is 0 Å². The molecule has 0 saturated heterocycles. The van der Waals surface area contributed by atoms with Gasteiger partial charge in [0.1, 0.15) is 5.82 Å². The number of hydrogen-bond acceptors (Lipinski definition) is 3. The number of rotatable bonds is 7. The van der Waals surface area contributed by atoms with Gasteiger partial charge in [-0.3, -0.25) is 9.13 Å². The van der Waals surface area contributed by atoms with E-state index in [1.54, 1.807) is 0 Å². The lowest BCUT2D eigenvalue weighted by Gasteiger charge is -2.21. The van der Waals surface area contributed by atoms with Crippen LogP contribution in [0, 0.1) is 0 Å². The molecule has 0 spiro atoms. The molecular weight excluding hydrogens is 564 g/mol. The molecule has 3 aromatic carbocycles. The van der Waals surface area contributed by atoms with E-state index in [1.165, 1.54) is 38.7 Å². The molecule has 6 heteroatoms. The number of benzene rings is 3. The van der Waals surface area contributed by atoms with Crippen molar-refractivity contribution in [3.05, 3.63) is 126 Å². The van der Waals surface area contributed by atoms with E-state index in [4.69, 9.17) is 15.0 Å². The monoisotopic (exact) mass is 606 g/mol. The fourth-order valence-electron chi connectivity index (χ4n) is 6.61. The molecule has 4 aromatic heterocycles. The zero-order valence-electron chi connectivity index (χ0n) is 27.8. The Morgan fingerprint density at radius 2 is 1.48 bits per heavy atom. The molecule has 0 bridgehead atoms. The minimum absolute atomic E-state index is 0.0296. The van der Waals surface area contributed by atoms with Crippen molar-refractivity contribution in [2.45, 2.75) is 72.1 Å².